The van der Waals surface area contributed by atoms with E-state index in [0.29, 0.717) is 33.8 Å². The molecule has 0 bridgehead atoms. The molecular weight excluding hydrogens is 554 g/mol. The van der Waals surface area contributed by atoms with Crippen molar-refractivity contribution in [3.05, 3.63) is 46.7 Å². The van der Waals surface area contributed by atoms with Crippen LogP contribution in [0.3, 0.4) is 0 Å². The van der Waals surface area contributed by atoms with Crippen LogP contribution in [0.4, 0.5) is 5.95 Å². The second kappa shape index (κ2) is 12.4. The molecule has 10 heteroatoms. The zero-order chi connectivity index (χ0) is 30.1. The summed E-state index contributed by atoms with van der Waals surface area (Å²) in [6, 6.07) is 6.98. The minimum absolute atomic E-state index is 0.132. The minimum Gasteiger partial charge on any atom is -0.489 e. The van der Waals surface area contributed by atoms with Crippen molar-refractivity contribution in [2.24, 2.45) is 16.7 Å². The summed E-state index contributed by atoms with van der Waals surface area (Å²) in [4.78, 5) is 24.4. The Kier molecular flexibility index (Phi) is 8.98. The van der Waals surface area contributed by atoms with Crippen molar-refractivity contribution >= 4 is 23.5 Å². The van der Waals surface area contributed by atoms with E-state index in [0.717, 1.165) is 58.2 Å². The molecule has 2 saturated carbocycles. The number of anilines is 1. The summed E-state index contributed by atoms with van der Waals surface area (Å²) < 4.78 is 12.5. The van der Waals surface area contributed by atoms with E-state index in [2.05, 4.69) is 53.9 Å². The van der Waals surface area contributed by atoms with E-state index >= 15 is 0 Å². The predicted octanol–water partition coefficient (Wildman–Crippen LogP) is 5.15. The number of hydrogen-bond donors (Lipinski definition) is 2. The number of nitrogens with zero attached hydrogens (tertiary/aromatic N) is 4. The molecule has 3 fully saturated rings. The number of hydrogen-bond acceptors (Lipinski definition) is 8. The van der Waals surface area contributed by atoms with Gasteiger partial charge in [0.1, 0.15) is 17.9 Å². The lowest BCUT2D eigenvalue weighted by molar-refractivity contribution is -0.164. The lowest BCUT2D eigenvalue weighted by atomic mass is 9.49. The predicted molar refractivity (Wildman–Crippen MR) is 161 cm³/mol. The van der Waals surface area contributed by atoms with Gasteiger partial charge in [0.15, 0.2) is 0 Å². The van der Waals surface area contributed by atoms with Gasteiger partial charge in [0, 0.05) is 55.0 Å². The molecule has 42 heavy (non-hydrogen) atoms. The molecule has 2 heterocycles. The van der Waals surface area contributed by atoms with Crippen molar-refractivity contribution in [2.45, 2.75) is 90.6 Å². The molecule has 5 rings (SSSR count). The Balaban J connectivity index is 1.12. The highest BCUT2D eigenvalue weighted by atomic mass is 35.5. The Morgan fingerprint density at radius 2 is 1.74 bits per heavy atom. The molecule has 226 valence electrons. The maximum absolute atomic E-state index is 13.2. The van der Waals surface area contributed by atoms with Crippen molar-refractivity contribution < 1.29 is 19.4 Å². The summed E-state index contributed by atoms with van der Waals surface area (Å²) in [7, 11) is 0. The highest BCUT2D eigenvalue weighted by molar-refractivity contribution is 6.31. The number of rotatable bonds is 8. The third-order valence-electron chi connectivity index (χ3n) is 9.44. The normalized spacial score (nSPS) is 27.0. The zero-order valence-electron chi connectivity index (χ0n) is 25.0. The highest BCUT2D eigenvalue weighted by Gasteiger charge is 2.64. The van der Waals surface area contributed by atoms with Gasteiger partial charge in [0.25, 0.3) is 5.91 Å². The maximum Gasteiger partial charge on any atom is 0.254 e. The summed E-state index contributed by atoms with van der Waals surface area (Å²) in [5.41, 5.74) is 0.112. The molecule has 9 nitrogen and oxygen atoms in total. The Morgan fingerprint density at radius 1 is 1.10 bits per heavy atom. The van der Waals surface area contributed by atoms with E-state index in [1.165, 1.54) is 0 Å². The van der Waals surface area contributed by atoms with Crippen molar-refractivity contribution in [2.75, 3.05) is 24.6 Å². The Labute approximate surface area is 253 Å². The number of carbonyl (C=O) groups is 1. The molecule has 1 amide bonds. The first-order valence-electron chi connectivity index (χ1n) is 15.0. The van der Waals surface area contributed by atoms with Crippen molar-refractivity contribution in [3.8, 4) is 11.8 Å². The lowest BCUT2D eigenvalue weighted by Crippen LogP contribution is -2.74. The first-order valence-corrected chi connectivity index (χ1v) is 15.4. The van der Waals surface area contributed by atoms with Crippen LogP contribution in [0.2, 0.25) is 5.02 Å². The molecule has 0 unspecified atom stereocenters. The molecule has 0 atom stereocenters. The molecule has 0 radical (unpaired) electrons. The van der Waals surface area contributed by atoms with E-state index in [1.807, 2.05) is 0 Å². The molecule has 1 saturated heterocycles. The SMILES string of the molecule is CC1(C)C(NC(=O)c2cnc(N3CCC(OCC4CCC(O)CC4)CC3)nc2)C(C)(C)C1Oc1ccc(C#N)c(Cl)c1. The number of nitrogens with one attached hydrogen (secondary N) is 1. The van der Waals surface area contributed by atoms with Gasteiger partial charge in [0.05, 0.1) is 28.4 Å². The average Bonchev–Trinajstić information content (AvgIpc) is 2.98. The first kappa shape index (κ1) is 30.5. The topological polar surface area (TPSA) is 121 Å². The van der Waals surface area contributed by atoms with Gasteiger partial charge in [-0.1, -0.05) is 39.3 Å². The number of carbonyl (C=O) groups excluding carboxylic acids is 1. The third-order valence-corrected chi connectivity index (χ3v) is 9.75. The molecule has 0 spiro atoms. The number of nitriles is 1. The fraction of sp³-hybridized carbons (Fsp3) is 0.625. The number of halogens is 1. The van der Waals surface area contributed by atoms with Crippen LogP contribution in [0.1, 0.15) is 82.1 Å². The molecule has 1 aromatic carbocycles. The van der Waals surface area contributed by atoms with Gasteiger partial charge < -0.3 is 24.8 Å². The second-order valence-corrected chi connectivity index (χ2v) is 13.7. The fourth-order valence-corrected chi connectivity index (χ4v) is 7.43. The van der Waals surface area contributed by atoms with Crippen molar-refractivity contribution in [1.82, 2.24) is 15.3 Å². The Hall–Kier alpha value is -2.93. The number of benzene rings is 1. The molecule has 2 aromatic rings. The van der Waals surface area contributed by atoms with Crippen LogP contribution in [-0.2, 0) is 4.74 Å². The molecule has 3 aliphatic rings. The standard InChI is InChI=1S/C32H42ClN5O4/c1-31(2)28(32(3,4)29(31)42-25-10-7-21(16-34)26(33)15-25)37-27(40)22-17-35-30(36-18-22)38-13-11-24(12-14-38)41-19-20-5-8-23(39)9-6-20/h7,10,15,17-18,20,23-24,28-29,39H,5-6,8-9,11-14,19H2,1-4H3,(H,37,40). The van der Waals surface area contributed by atoms with Crippen LogP contribution in [0, 0.1) is 28.1 Å². The summed E-state index contributed by atoms with van der Waals surface area (Å²) in [6.07, 6.45) is 8.85. The van der Waals surface area contributed by atoms with Crippen molar-refractivity contribution in [3.63, 3.8) is 0 Å². The largest absolute Gasteiger partial charge is 0.489 e. The summed E-state index contributed by atoms with van der Waals surface area (Å²) in [5, 5.41) is 22.4. The highest BCUT2D eigenvalue weighted by Crippen LogP contribution is 2.55. The molecule has 1 aromatic heterocycles. The van der Waals surface area contributed by atoms with E-state index in [9.17, 15) is 9.90 Å². The zero-order valence-corrected chi connectivity index (χ0v) is 25.7. The van der Waals surface area contributed by atoms with Crippen LogP contribution in [-0.4, -0.2) is 65.0 Å². The molecule has 1 aliphatic heterocycles. The monoisotopic (exact) mass is 595 g/mol. The minimum atomic E-state index is -0.356. The summed E-state index contributed by atoms with van der Waals surface area (Å²) in [5.74, 6) is 1.57. The van der Waals surface area contributed by atoms with Gasteiger partial charge in [-0.3, -0.25) is 4.79 Å². The molecular formula is C32H42ClN5O4. The fourth-order valence-electron chi connectivity index (χ4n) is 7.22. The van der Waals surface area contributed by atoms with Gasteiger partial charge in [-0.15, -0.1) is 0 Å². The lowest BCUT2D eigenvalue weighted by Gasteiger charge is -2.63. The van der Waals surface area contributed by atoms with E-state index in [1.54, 1.807) is 30.6 Å². The summed E-state index contributed by atoms with van der Waals surface area (Å²) >= 11 is 6.21. The van der Waals surface area contributed by atoms with Crippen LogP contribution in [0.5, 0.6) is 5.75 Å². The van der Waals surface area contributed by atoms with Crippen LogP contribution >= 0.6 is 11.6 Å². The number of aromatic nitrogens is 2. The number of ether oxygens (including phenoxy) is 2. The van der Waals surface area contributed by atoms with Gasteiger partial charge >= 0.3 is 0 Å². The van der Waals surface area contributed by atoms with Crippen LogP contribution in [0.15, 0.2) is 30.6 Å². The van der Waals surface area contributed by atoms with E-state index in [-0.39, 0.29) is 41.1 Å². The Bertz CT molecular complexity index is 1280. The van der Waals surface area contributed by atoms with Gasteiger partial charge in [-0.05, 0) is 56.6 Å². The smallest absolute Gasteiger partial charge is 0.254 e. The van der Waals surface area contributed by atoms with Crippen LogP contribution < -0.4 is 15.0 Å². The van der Waals surface area contributed by atoms with Gasteiger partial charge in [-0.25, -0.2) is 9.97 Å². The maximum atomic E-state index is 13.2. The number of aliphatic hydroxyl groups excluding tert-OH is 1. The third kappa shape index (κ3) is 6.36. The first-order chi connectivity index (χ1) is 20.0. The Morgan fingerprint density at radius 3 is 2.33 bits per heavy atom. The molecule has 2 N–H and O–H groups in total. The number of piperidine rings is 1. The average molecular weight is 596 g/mol. The summed E-state index contributed by atoms with van der Waals surface area (Å²) in [6.45, 7) is 10.7. The van der Waals surface area contributed by atoms with Gasteiger partial charge in [0.2, 0.25) is 5.95 Å². The quantitative estimate of drug-likeness (QED) is 0.430. The second-order valence-electron chi connectivity index (χ2n) is 13.3. The number of aliphatic hydroxyl groups is 1. The molecule has 2 aliphatic carbocycles. The van der Waals surface area contributed by atoms with E-state index in [4.69, 9.17) is 26.3 Å². The van der Waals surface area contributed by atoms with Gasteiger partial charge in [-0.2, -0.15) is 5.26 Å². The van der Waals surface area contributed by atoms with E-state index < -0.39 is 0 Å². The number of amides is 1. The van der Waals surface area contributed by atoms with Crippen LogP contribution in [0.25, 0.3) is 0 Å². The van der Waals surface area contributed by atoms with Crippen molar-refractivity contribution in [1.29, 1.82) is 5.26 Å².